The van der Waals surface area contributed by atoms with Crippen molar-refractivity contribution in [1.29, 1.82) is 0 Å². The fourth-order valence-corrected chi connectivity index (χ4v) is 5.48. The van der Waals surface area contributed by atoms with E-state index in [1.165, 1.54) is 42.2 Å². The van der Waals surface area contributed by atoms with Crippen molar-refractivity contribution < 1.29 is 0 Å². The van der Waals surface area contributed by atoms with Crippen molar-refractivity contribution in [2.75, 3.05) is 4.43 Å². The summed E-state index contributed by atoms with van der Waals surface area (Å²) in [5.74, 6) is 0.999. The fraction of sp³-hybridized carbons (Fsp3) is 0.625. The highest BCUT2D eigenvalue weighted by molar-refractivity contribution is 14.1. The van der Waals surface area contributed by atoms with Crippen molar-refractivity contribution in [2.45, 2.75) is 44.3 Å². The number of benzene rings is 1. The number of hydrogen-bond acceptors (Lipinski definition) is 1. The molecule has 0 amide bonds. The predicted molar refractivity (Wildman–Crippen MR) is 82.8 cm³/mol. The zero-order valence-electron chi connectivity index (χ0n) is 10.7. The van der Waals surface area contributed by atoms with Crippen molar-refractivity contribution >= 4 is 22.6 Å². The van der Waals surface area contributed by atoms with Gasteiger partial charge in [0.1, 0.15) is 0 Å². The Morgan fingerprint density at radius 2 is 2.06 bits per heavy atom. The van der Waals surface area contributed by atoms with Gasteiger partial charge in [0, 0.05) is 28.5 Å². The molecule has 2 unspecified atom stereocenters. The standard InChI is InChI=1S/C16H20IN/c17-10-13-8-15-16(9-13)7-6-14(16)18(15)11-12-4-2-1-3-5-12/h1-5,13-15H,6-11H2/t13?,14-,15-,16?/m0/s1. The van der Waals surface area contributed by atoms with Gasteiger partial charge in [0.2, 0.25) is 0 Å². The Hall–Kier alpha value is -0.0900. The Morgan fingerprint density at radius 1 is 1.22 bits per heavy atom. The zero-order valence-corrected chi connectivity index (χ0v) is 12.8. The van der Waals surface area contributed by atoms with Crippen LogP contribution in [0.2, 0.25) is 0 Å². The number of alkyl halides is 1. The lowest BCUT2D eigenvalue weighted by atomic mass is 9.53. The van der Waals surface area contributed by atoms with Gasteiger partial charge in [0.05, 0.1) is 0 Å². The normalized spacial score (nSPS) is 41.7. The lowest BCUT2D eigenvalue weighted by Crippen LogP contribution is -2.74. The molecule has 2 heteroatoms. The van der Waals surface area contributed by atoms with Gasteiger partial charge < -0.3 is 0 Å². The minimum Gasteiger partial charge on any atom is -0.292 e. The van der Waals surface area contributed by atoms with E-state index in [-0.39, 0.29) is 0 Å². The van der Waals surface area contributed by atoms with Crippen molar-refractivity contribution in [3.63, 3.8) is 0 Å². The molecule has 0 bridgehead atoms. The summed E-state index contributed by atoms with van der Waals surface area (Å²) < 4.78 is 1.36. The smallest absolute Gasteiger partial charge is 0.0240 e. The Morgan fingerprint density at radius 3 is 2.72 bits per heavy atom. The number of nitrogens with zero attached hydrogens (tertiary/aromatic N) is 1. The highest BCUT2D eigenvalue weighted by atomic mass is 127. The summed E-state index contributed by atoms with van der Waals surface area (Å²) >= 11 is 2.59. The molecule has 2 saturated carbocycles. The molecule has 96 valence electrons. The fourth-order valence-electron chi connectivity index (χ4n) is 4.81. The first-order valence-corrected chi connectivity index (χ1v) is 8.72. The molecular formula is C16H20IN. The van der Waals surface area contributed by atoms with Gasteiger partial charge in [-0.3, -0.25) is 4.90 Å². The first kappa shape index (κ1) is 11.7. The van der Waals surface area contributed by atoms with E-state index in [4.69, 9.17) is 0 Å². The Labute approximate surface area is 123 Å². The van der Waals surface area contributed by atoms with Crippen molar-refractivity contribution in [3.05, 3.63) is 35.9 Å². The highest BCUT2D eigenvalue weighted by Gasteiger charge is 2.68. The van der Waals surface area contributed by atoms with E-state index in [0.29, 0.717) is 0 Å². The molecule has 1 spiro atoms. The number of hydrogen-bond donors (Lipinski definition) is 0. The first-order valence-electron chi connectivity index (χ1n) is 7.19. The number of likely N-dealkylation sites (tertiary alicyclic amines) is 1. The third-order valence-corrected chi connectivity index (χ3v) is 6.91. The van der Waals surface area contributed by atoms with Crippen molar-refractivity contribution in [2.24, 2.45) is 11.3 Å². The second-order valence-electron chi connectivity index (χ2n) is 6.42. The van der Waals surface area contributed by atoms with Gasteiger partial charge in [-0.25, -0.2) is 0 Å². The molecule has 2 aliphatic carbocycles. The summed E-state index contributed by atoms with van der Waals surface area (Å²) in [6.45, 7) is 1.19. The van der Waals surface area contributed by atoms with E-state index in [1.54, 1.807) is 0 Å². The molecule has 4 atom stereocenters. The number of rotatable bonds is 3. The zero-order chi connectivity index (χ0) is 12.2. The second-order valence-corrected chi connectivity index (χ2v) is 7.30. The number of halogens is 1. The molecule has 1 aromatic rings. The summed E-state index contributed by atoms with van der Waals surface area (Å²) in [5.41, 5.74) is 2.26. The lowest BCUT2D eigenvalue weighted by molar-refractivity contribution is -0.193. The maximum absolute atomic E-state index is 2.81. The van der Waals surface area contributed by atoms with Crippen LogP contribution in [0.4, 0.5) is 0 Å². The Kier molecular flexibility index (Phi) is 2.74. The third-order valence-electron chi connectivity index (χ3n) is 5.66. The molecule has 1 aromatic carbocycles. The van der Waals surface area contributed by atoms with Crippen LogP contribution in [0.15, 0.2) is 30.3 Å². The predicted octanol–water partition coefficient (Wildman–Crippen LogP) is 3.86. The second kappa shape index (κ2) is 4.20. The summed E-state index contributed by atoms with van der Waals surface area (Å²) in [6, 6.07) is 12.9. The largest absolute Gasteiger partial charge is 0.292 e. The average molecular weight is 353 g/mol. The summed E-state index contributed by atoms with van der Waals surface area (Å²) in [7, 11) is 0. The highest BCUT2D eigenvalue weighted by Crippen LogP contribution is 2.66. The third kappa shape index (κ3) is 1.48. The maximum atomic E-state index is 2.81. The van der Waals surface area contributed by atoms with Crippen LogP contribution in [0.3, 0.4) is 0 Å². The monoisotopic (exact) mass is 353 g/mol. The molecule has 1 saturated heterocycles. The molecular weight excluding hydrogens is 333 g/mol. The van der Waals surface area contributed by atoms with E-state index in [2.05, 4.69) is 57.8 Å². The molecule has 3 aliphatic rings. The minimum atomic E-state index is 0.768. The van der Waals surface area contributed by atoms with E-state index in [0.717, 1.165) is 23.4 Å². The van der Waals surface area contributed by atoms with Crippen LogP contribution in [0.5, 0.6) is 0 Å². The maximum Gasteiger partial charge on any atom is 0.0240 e. The SMILES string of the molecule is ICC1C[C@@H]2N(Cc3ccccc3)[C@H]3CCC32C1. The summed E-state index contributed by atoms with van der Waals surface area (Å²) in [6.07, 6.45) is 5.96. The van der Waals surface area contributed by atoms with Gasteiger partial charge in [-0.2, -0.15) is 0 Å². The molecule has 3 fully saturated rings. The van der Waals surface area contributed by atoms with Gasteiger partial charge in [-0.05, 0) is 37.2 Å². The lowest BCUT2D eigenvalue weighted by Gasteiger charge is -2.68. The van der Waals surface area contributed by atoms with Crippen LogP contribution in [-0.4, -0.2) is 21.4 Å². The molecule has 1 heterocycles. The summed E-state index contributed by atoms with van der Waals surface area (Å²) in [5, 5.41) is 0. The van der Waals surface area contributed by atoms with E-state index in [1.807, 2.05) is 0 Å². The topological polar surface area (TPSA) is 3.24 Å². The van der Waals surface area contributed by atoms with Crippen LogP contribution in [0.25, 0.3) is 0 Å². The molecule has 1 nitrogen and oxygen atoms in total. The van der Waals surface area contributed by atoms with Crippen LogP contribution >= 0.6 is 22.6 Å². The van der Waals surface area contributed by atoms with Gasteiger partial charge in [-0.1, -0.05) is 52.9 Å². The Bertz CT molecular complexity index is 446. The molecule has 18 heavy (non-hydrogen) atoms. The molecule has 4 rings (SSSR count). The van der Waals surface area contributed by atoms with Crippen LogP contribution in [0, 0.1) is 11.3 Å². The van der Waals surface area contributed by atoms with Crippen molar-refractivity contribution in [3.8, 4) is 0 Å². The van der Waals surface area contributed by atoms with Crippen LogP contribution in [-0.2, 0) is 6.54 Å². The minimum absolute atomic E-state index is 0.768. The van der Waals surface area contributed by atoms with E-state index < -0.39 is 0 Å². The van der Waals surface area contributed by atoms with E-state index >= 15 is 0 Å². The van der Waals surface area contributed by atoms with Crippen molar-refractivity contribution in [1.82, 2.24) is 4.90 Å². The first-order chi connectivity index (χ1) is 8.83. The van der Waals surface area contributed by atoms with E-state index in [9.17, 15) is 0 Å². The molecule has 1 aliphatic heterocycles. The van der Waals surface area contributed by atoms with Gasteiger partial charge in [-0.15, -0.1) is 0 Å². The van der Waals surface area contributed by atoms with Gasteiger partial charge in [0.25, 0.3) is 0 Å². The molecule has 0 N–H and O–H groups in total. The number of piperidine rings is 1. The van der Waals surface area contributed by atoms with Gasteiger partial charge in [0.15, 0.2) is 0 Å². The average Bonchev–Trinajstić information content (AvgIpc) is 2.77. The van der Waals surface area contributed by atoms with Crippen LogP contribution < -0.4 is 0 Å². The van der Waals surface area contributed by atoms with Gasteiger partial charge >= 0.3 is 0 Å². The summed E-state index contributed by atoms with van der Waals surface area (Å²) in [4.78, 5) is 2.81. The molecule has 0 radical (unpaired) electrons. The molecule has 0 aromatic heterocycles. The quantitative estimate of drug-likeness (QED) is 0.589. The Balaban J connectivity index is 1.52. The van der Waals surface area contributed by atoms with Crippen LogP contribution in [0.1, 0.15) is 31.2 Å².